The molecule has 8 heteroatoms. The summed E-state index contributed by atoms with van der Waals surface area (Å²) in [5.41, 5.74) is 7.06. The van der Waals surface area contributed by atoms with Gasteiger partial charge in [0.05, 0.1) is 16.8 Å². The number of sulfonamides is 1. The Hall–Kier alpha value is -2.55. The molecule has 1 aliphatic rings. The molecule has 0 unspecified atom stereocenters. The predicted molar refractivity (Wildman–Crippen MR) is 137 cm³/mol. The number of hydrogen-bond acceptors (Lipinski definition) is 6. The van der Waals surface area contributed by atoms with Crippen LogP contribution < -0.4 is 5.43 Å². The number of anilines is 1. The average molecular weight is 483 g/mol. The van der Waals surface area contributed by atoms with Gasteiger partial charge in [0.25, 0.3) is 0 Å². The molecule has 0 radical (unpaired) electrons. The molecule has 4 rings (SSSR count). The first-order valence-electron chi connectivity index (χ1n) is 11.2. The molecule has 6 nitrogen and oxygen atoms in total. The highest BCUT2D eigenvalue weighted by molar-refractivity contribution is 7.89. The van der Waals surface area contributed by atoms with Gasteiger partial charge in [0.2, 0.25) is 15.2 Å². The van der Waals surface area contributed by atoms with E-state index in [1.54, 1.807) is 22.7 Å². The zero-order valence-corrected chi connectivity index (χ0v) is 20.9. The van der Waals surface area contributed by atoms with Crippen LogP contribution in [-0.4, -0.2) is 37.0 Å². The lowest BCUT2D eigenvalue weighted by molar-refractivity contribution is 0.346. The minimum Gasteiger partial charge on any atom is -0.253 e. The van der Waals surface area contributed by atoms with E-state index < -0.39 is 10.0 Å². The number of hydrazone groups is 1. The average Bonchev–Trinajstić information content (AvgIpc) is 3.28. The Balaban J connectivity index is 1.39. The summed E-state index contributed by atoms with van der Waals surface area (Å²) in [7, 11) is -3.42. The van der Waals surface area contributed by atoms with E-state index >= 15 is 0 Å². The topological polar surface area (TPSA) is 74.7 Å². The zero-order valence-electron chi connectivity index (χ0n) is 19.3. The first-order valence-corrected chi connectivity index (χ1v) is 13.5. The molecule has 1 N–H and O–H groups in total. The third-order valence-corrected chi connectivity index (χ3v) is 8.42. The smallest absolute Gasteiger partial charge is 0.243 e. The normalized spacial score (nSPS) is 15.7. The van der Waals surface area contributed by atoms with Gasteiger partial charge < -0.3 is 0 Å². The van der Waals surface area contributed by atoms with Gasteiger partial charge in [0.1, 0.15) is 0 Å². The van der Waals surface area contributed by atoms with Crippen molar-refractivity contribution in [3.05, 3.63) is 65.0 Å². The molecule has 0 amide bonds. The maximum absolute atomic E-state index is 12.8. The highest BCUT2D eigenvalue weighted by Crippen LogP contribution is 2.27. The van der Waals surface area contributed by atoms with Crippen molar-refractivity contribution in [1.82, 2.24) is 9.29 Å². The lowest BCUT2D eigenvalue weighted by atomic mass is 9.87. The maximum Gasteiger partial charge on any atom is 0.243 e. The number of hydrogen-bond donors (Lipinski definition) is 1. The van der Waals surface area contributed by atoms with Crippen LogP contribution in [0.4, 0.5) is 5.13 Å². The molecular formula is C25H30N4O2S2. The minimum absolute atomic E-state index is 0.126. The second kappa shape index (κ2) is 9.75. The van der Waals surface area contributed by atoms with Gasteiger partial charge >= 0.3 is 0 Å². The van der Waals surface area contributed by atoms with E-state index in [4.69, 9.17) is 0 Å². The fourth-order valence-electron chi connectivity index (χ4n) is 3.74. The number of thiazole rings is 1. The quantitative estimate of drug-likeness (QED) is 0.360. The van der Waals surface area contributed by atoms with Crippen molar-refractivity contribution in [2.75, 3.05) is 18.5 Å². The van der Waals surface area contributed by atoms with Crippen molar-refractivity contribution >= 4 is 32.7 Å². The van der Waals surface area contributed by atoms with Crippen molar-refractivity contribution in [3.63, 3.8) is 0 Å². The van der Waals surface area contributed by atoms with Crippen molar-refractivity contribution in [3.8, 4) is 11.3 Å². The first kappa shape index (κ1) is 23.6. The summed E-state index contributed by atoms with van der Waals surface area (Å²) in [6.07, 6.45) is 4.72. The molecule has 1 saturated heterocycles. The molecule has 0 saturated carbocycles. The summed E-state index contributed by atoms with van der Waals surface area (Å²) < 4.78 is 27.2. The van der Waals surface area contributed by atoms with Crippen LogP contribution in [0, 0.1) is 0 Å². The van der Waals surface area contributed by atoms with Crippen molar-refractivity contribution in [2.45, 2.75) is 50.3 Å². The summed E-state index contributed by atoms with van der Waals surface area (Å²) in [5.74, 6) is 0. The second-order valence-corrected chi connectivity index (χ2v) is 12.1. The number of piperidine rings is 1. The van der Waals surface area contributed by atoms with Gasteiger partial charge in [-0.3, -0.25) is 5.43 Å². The molecule has 33 heavy (non-hydrogen) atoms. The van der Waals surface area contributed by atoms with Crippen LogP contribution >= 0.6 is 11.3 Å². The Labute approximate surface area is 200 Å². The summed E-state index contributed by atoms with van der Waals surface area (Å²) >= 11 is 1.46. The second-order valence-electron chi connectivity index (χ2n) is 9.27. The molecule has 0 aliphatic carbocycles. The molecule has 0 bridgehead atoms. The van der Waals surface area contributed by atoms with Crippen molar-refractivity contribution in [1.29, 1.82) is 0 Å². The summed E-state index contributed by atoms with van der Waals surface area (Å²) in [6, 6.07) is 15.3. The van der Waals surface area contributed by atoms with E-state index in [9.17, 15) is 8.42 Å². The van der Waals surface area contributed by atoms with Crippen LogP contribution in [0.1, 0.15) is 51.2 Å². The van der Waals surface area contributed by atoms with E-state index in [0.717, 1.165) is 36.1 Å². The van der Waals surface area contributed by atoms with E-state index in [1.807, 2.05) is 17.5 Å². The van der Waals surface area contributed by atoms with Crippen LogP contribution in [0.15, 0.2) is 63.9 Å². The molecule has 174 valence electrons. The Morgan fingerprint density at radius 2 is 1.67 bits per heavy atom. The molecule has 1 aromatic heterocycles. The van der Waals surface area contributed by atoms with Crippen LogP contribution in [0.3, 0.4) is 0 Å². The number of nitrogens with zero attached hydrogens (tertiary/aromatic N) is 3. The van der Waals surface area contributed by atoms with Gasteiger partial charge in [-0.15, -0.1) is 11.3 Å². The predicted octanol–water partition coefficient (Wildman–Crippen LogP) is 5.73. The minimum atomic E-state index is -3.42. The molecular weight excluding hydrogens is 452 g/mol. The van der Waals surface area contributed by atoms with Gasteiger partial charge in [0, 0.05) is 24.0 Å². The van der Waals surface area contributed by atoms with Gasteiger partial charge in [0.15, 0.2) is 0 Å². The lowest BCUT2D eigenvalue weighted by Crippen LogP contribution is -2.35. The van der Waals surface area contributed by atoms with Crippen molar-refractivity contribution < 1.29 is 8.42 Å². The third-order valence-electron chi connectivity index (χ3n) is 5.76. The maximum atomic E-state index is 12.8. The zero-order chi connectivity index (χ0) is 23.5. The molecule has 0 spiro atoms. The summed E-state index contributed by atoms with van der Waals surface area (Å²) in [6.45, 7) is 7.79. The van der Waals surface area contributed by atoms with Crippen LogP contribution in [0.25, 0.3) is 11.3 Å². The van der Waals surface area contributed by atoms with Crippen molar-refractivity contribution in [2.24, 2.45) is 5.10 Å². The highest BCUT2D eigenvalue weighted by Gasteiger charge is 2.25. The SMILES string of the molecule is CC(C)(C)c1ccc(/C=N/Nc2nc(-c3ccc(S(=O)(=O)N4CCCCC4)cc3)cs2)cc1. The Morgan fingerprint density at radius 1 is 1.00 bits per heavy atom. The van der Waals surface area contributed by atoms with Crippen LogP contribution in [0.5, 0.6) is 0 Å². The number of nitrogens with one attached hydrogen (secondary N) is 1. The molecule has 2 aromatic carbocycles. The molecule has 3 aromatic rings. The molecule has 1 aliphatic heterocycles. The number of aromatic nitrogens is 1. The first-order chi connectivity index (χ1) is 15.7. The van der Waals surface area contributed by atoms with Gasteiger partial charge in [-0.2, -0.15) is 9.41 Å². The lowest BCUT2D eigenvalue weighted by Gasteiger charge is -2.25. The van der Waals surface area contributed by atoms with E-state index in [-0.39, 0.29) is 5.41 Å². The Morgan fingerprint density at radius 3 is 2.30 bits per heavy atom. The van der Waals surface area contributed by atoms with Gasteiger partial charge in [-0.25, -0.2) is 13.4 Å². The van der Waals surface area contributed by atoms with E-state index in [1.165, 1.54) is 16.9 Å². The molecule has 2 heterocycles. The third kappa shape index (κ3) is 5.69. The fraction of sp³-hybridized carbons (Fsp3) is 0.360. The standard InChI is InChI=1S/C25H30N4O2S2/c1-25(2,3)21-11-7-19(8-12-21)17-26-28-24-27-23(18-32-24)20-9-13-22(14-10-20)33(30,31)29-15-5-4-6-16-29/h7-14,17-18H,4-6,15-16H2,1-3H3,(H,27,28)/b26-17+. The Kier molecular flexibility index (Phi) is 6.97. The van der Waals surface area contributed by atoms with Gasteiger partial charge in [-0.1, -0.05) is 63.6 Å². The fourth-order valence-corrected chi connectivity index (χ4v) is 5.93. The Bertz CT molecular complexity index is 1200. The van der Waals surface area contributed by atoms with Crippen LogP contribution in [0.2, 0.25) is 0 Å². The van der Waals surface area contributed by atoms with Gasteiger partial charge in [-0.05, 0) is 41.5 Å². The number of benzene rings is 2. The number of rotatable bonds is 6. The largest absolute Gasteiger partial charge is 0.253 e. The van der Waals surface area contributed by atoms with E-state index in [0.29, 0.717) is 23.1 Å². The summed E-state index contributed by atoms with van der Waals surface area (Å²) in [4.78, 5) is 4.91. The summed E-state index contributed by atoms with van der Waals surface area (Å²) in [5, 5.41) is 6.91. The van der Waals surface area contributed by atoms with Crippen LogP contribution in [-0.2, 0) is 15.4 Å². The molecule has 1 fully saturated rings. The highest BCUT2D eigenvalue weighted by atomic mass is 32.2. The molecule has 0 atom stereocenters. The van der Waals surface area contributed by atoms with E-state index in [2.05, 4.69) is 60.5 Å². The monoisotopic (exact) mass is 482 g/mol.